The van der Waals surface area contributed by atoms with Crippen molar-refractivity contribution in [3.05, 3.63) is 34.9 Å². The van der Waals surface area contributed by atoms with Crippen molar-refractivity contribution in [1.29, 1.82) is 0 Å². The van der Waals surface area contributed by atoms with Gasteiger partial charge in [-0.3, -0.25) is 0 Å². The summed E-state index contributed by atoms with van der Waals surface area (Å²) < 4.78 is 0. The Morgan fingerprint density at radius 1 is 1.35 bits per heavy atom. The molecule has 1 aliphatic rings. The maximum atomic E-state index is 11.8. The van der Waals surface area contributed by atoms with Crippen LogP contribution in [0.4, 0.5) is 0 Å². The molecule has 0 spiro atoms. The lowest BCUT2D eigenvalue weighted by atomic mass is 9.72. The van der Waals surface area contributed by atoms with Gasteiger partial charge in [0.05, 0.1) is 5.41 Å². The highest BCUT2D eigenvalue weighted by Crippen LogP contribution is 2.36. The summed E-state index contributed by atoms with van der Waals surface area (Å²) in [5.74, 6) is 2.68. The SMILES string of the molecule is C#Cc1ccc(C)c(C2(C=O)CCN(C(C)C)CC2)c1. The molecule has 1 fully saturated rings. The zero-order chi connectivity index (χ0) is 14.8. The van der Waals surface area contributed by atoms with Gasteiger partial charge in [-0.05, 0) is 70.0 Å². The van der Waals surface area contributed by atoms with E-state index in [-0.39, 0.29) is 5.41 Å². The molecule has 0 bridgehead atoms. The molecule has 0 aliphatic carbocycles. The zero-order valence-corrected chi connectivity index (χ0v) is 12.6. The van der Waals surface area contributed by atoms with Crippen molar-refractivity contribution >= 4 is 6.29 Å². The first kappa shape index (κ1) is 14.8. The number of hydrogen-bond acceptors (Lipinski definition) is 2. The maximum Gasteiger partial charge on any atom is 0.130 e. The number of likely N-dealkylation sites (tertiary alicyclic amines) is 1. The van der Waals surface area contributed by atoms with Crippen molar-refractivity contribution in [3.63, 3.8) is 0 Å². The minimum Gasteiger partial charge on any atom is -0.302 e. The topological polar surface area (TPSA) is 20.3 Å². The normalized spacial score (nSPS) is 18.8. The third-order valence-electron chi connectivity index (χ3n) is 4.59. The first-order valence-corrected chi connectivity index (χ1v) is 7.30. The zero-order valence-electron chi connectivity index (χ0n) is 12.6. The molecule has 1 aromatic rings. The van der Waals surface area contributed by atoms with Crippen molar-refractivity contribution in [3.8, 4) is 12.3 Å². The van der Waals surface area contributed by atoms with Gasteiger partial charge in [0.25, 0.3) is 0 Å². The minimum absolute atomic E-state index is 0.359. The highest BCUT2D eigenvalue weighted by molar-refractivity contribution is 5.70. The van der Waals surface area contributed by atoms with Gasteiger partial charge >= 0.3 is 0 Å². The molecule has 1 aliphatic heterocycles. The second-order valence-corrected chi connectivity index (χ2v) is 6.08. The molecule has 2 nitrogen and oxygen atoms in total. The standard InChI is InChI=1S/C18H23NO/c1-5-16-7-6-15(4)17(12-16)18(13-20)8-10-19(11-9-18)14(2)3/h1,6-7,12-14H,8-11H2,2-4H3. The molecule has 106 valence electrons. The van der Waals surface area contributed by atoms with Crippen LogP contribution in [0.3, 0.4) is 0 Å². The predicted molar refractivity (Wildman–Crippen MR) is 82.8 cm³/mol. The van der Waals surface area contributed by atoms with E-state index in [9.17, 15) is 4.79 Å². The van der Waals surface area contributed by atoms with Gasteiger partial charge in [-0.1, -0.05) is 12.0 Å². The van der Waals surface area contributed by atoms with E-state index >= 15 is 0 Å². The molecule has 0 aromatic heterocycles. The van der Waals surface area contributed by atoms with Gasteiger partial charge in [-0.25, -0.2) is 0 Å². The predicted octanol–water partition coefficient (Wildman–Crippen LogP) is 2.92. The van der Waals surface area contributed by atoms with Gasteiger partial charge in [0, 0.05) is 11.6 Å². The fraction of sp³-hybridized carbons (Fsp3) is 0.500. The summed E-state index contributed by atoms with van der Waals surface area (Å²) in [5.41, 5.74) is 2.78. The molecule has 1 aromatic carbocycles. The molecule has 0 unspecified atom stereocenters. The number of benzene rings is 1. The first-order chi connectivity index (χ1) is 9.52. The van der Waals surface area contributed by atoms with Crippen LogP contribution in [0.1, 0.15) is 43.4 Å². The Bertz CT molecular complexity index is 531. The van der Waals surface area contributed by atoms with Crippen molar-refractivity contribution in [2.45, 2.75) is 45.1 Å². The summed E-state index contributed by atoms with van der Waals surface area (Å²) in [7, 11) is 0. The molecule has 0 saturated carbocycles. The Kier molecular flexibility index (Phi) is 4.30. The fourth-order valence-corrected chi connectivity index (χ4v) is 3.14. The lowest BCUT2D eigenvalue weighted by Gasteiger charge is -2.41. The number of nitrogens with zero attached hydrogens (tertiary/aromatic N) is 1. The number of hydrogen-bond donors (Lipinski definition) is 0. The lowest BCUT2D eigenvalue weighted by Crippen LogP contribution is -2.46. The van der Waals surface area contributed by atoms with Crippen LogP contribution in [0.25, 0.3) is 0 Å². The van der Waals surface area contributed by atoms with Gasteiger partial charge in [0.15, 0.2) is 0 Å². The maximum absolute atomic E-state index is 11.8. The van der Waals surface area contributed by atoms with Gasteiger partial charge in [0.1, 0.15) is 6.29 Å². The second kappa shape index (κ2) is 5.81. The smallest absolute Gasteiger partial charge is 0.130 e. The molecule has 0 N–H and O–H groups in total. The summed E-state index contributed by atoms with van der Waals surface area (Å²) in [6, 6.07) is 6.54. The highest BCUT2D eigenvalue weighted by Gasteiger charge is 2.37. The molecule has 2 rings (SSSR count). The van der Waals surface area contributed by atoms with E-state index in [2.05, 4.69) is 31.6 Å². The molecule has 2 heteroatoms. The largest absolute Gasteiger partial charge is 0.302 e. The molecule has 0 radical (unpaired) electrons. The Labute approximate surface area is 122 Å². The molecular weight excluding hydrogens is 246 g/mol. The van der Waals surface area contributed by atoms with Crippen LogP contribution >= 0.6 is 0 Å². The van der Waals surface area contributed by atoms with E-state index in [0.717, 1.165) is 48.9 Å². The number of piperidine rings is 1. The van der Waals surface area contributed by atoms with Crippen molar-refractivity contribution in [1.82, 2.24) is 4.90 Å². The Hall–Kier alpha value is -1.59. The second-order valence-electron chi connectivity index (χ2n) is 6.08. The molecule has 20 heavy (non-hydrogen) atoms. The van der Waals surface area contributed by atoms with Crippen LogP contribution in [0, 0.1) is 19.3 Å². The van der Waals surface area contributed by atoms with Crippen LogP contribution in [0.2, 0.25) is 0 Å². The van der Waals surface area contributed by atoms with Crippen LogP contribution in [-0.4, -0.2) is 30.3 Å². The minimum atomic E-state index is -0.359. The average Bonchev–Trinajstić information content (AvgIpc) is 2.47. The van der Waals surface area contributed by atoms with Crippen molar-refractivity contribution in [2.75, 3.05) is 13.1 Å². The average molecular weight is 269 g/mol. The number of carbonyl (C=O) groups excluding carboxylic acids is 1. The molecule has 1 heterocycles. The summed E-state index contributed by atoms with van der Waals surface area (Å²) in [4.78, 5) is 14.3. The van der Waals surface area contributed by atoms with E-state index < -0.39 is 0 Å². The summed E-state index contributed by atoms with van der Waals surface area (Å²) in [6.07, 6.45) is 8.40. The van der Waals surface area contributed by atoms with E-state index in [1.165, 1.54) is 0 Å². The monoisotopic (exact) mass is 269 g/mol. The van der Waals surface area contributed by atoms with Crippen molar-refractivity contribution < 1.29 is 4.79 Å². The fourth-order valence-electron chi connectivity index (χ4n) is 3.14. The number of rotatable bonds is 3. The number of aryl methyl sites for hydroxylation is 1. The quantitative estimate of drug-likeness (QED) is 0.621. The van der Waals surface area contributed by atoms with Gasteiger partial charge in [0.2, 0.25) is 0 Å². The Morgan fingerprint density at radius 2 is 2.00 bits per heavy atom. The first-order valence-electron chi connectivity index (χ1n) is 7.30. The molecular formula is C18H23NO. The third-order valence-corrected chi connectivity index (χ3v) is 4.59. The third kappa shape index (κ3) is 2.64. The highest BCUT2D eigenvalue weighted by atomic mass is 16.1. The van der Waals surface area contributed by atoms with Crippen LogP contribution < -0.4 is 0 Å². The van der Waals surface area contributed by atoms with Crippen LogP contribution in [-0.2, 0) is 10.2 Å². The lowest BCUT2D eigenvalue weighted by molar-refractivity contribution is -0.114. The summed E-state index contributed by atoms with van der Waals surface area (Å²) in [6.45, 7) is 8.41. The van der Waals surface area contributed by atoms with E-state index in [1.807, 2.05) is 18.2 Å². The summed E-state index contributed by atoms with van der Waals surface area (Å²) in [5, 5.41) is 0. The van der Waals surface area contributed by atoms with Crippen LogP contribution in [0.15, 0.2) is 18.2 Å². The Balaban J connectivity index is 2.34. The summed E-state index contributed by atoms with van der Waals surface area (Å²) >= 11 is 0. The number of carbonyl (C=O) groups is 1. The number of aldehydes is 1. The van der Waals surface area contributed by atoms with Gasteiger partial charge < -0.3 is 9.69 Å². The van der Waals surface area contributed by atoms with E-state index in [0.29, 0.717) is 6.04 Å². The van der Waals surface area contributed by atoms with Gasteiger partial charge in [-0.2, -0.15) is 0 Å². The van der Waals surface area contributed by atoms with E-state index in [4.69, 9.17) is 6.42 Å². The van der Waals surface area contributed by atoms with Crippen molar-refractivity contribution in [2.24, 2.45) is 0 Å². The molecule has 1 saturated heterocycles. The van der Waals surface area contributed by atoms with E-state index in [1.54, 1.807) is 0 Å². The molecule has 0 atom stereocenters. The van der Waals surface area contributed by atoms with Crippen LogP contribution in [0.5, 0.6) is 0 Å². The molecule has 0 amide bonds. The van der Waals surface area contributed by atoms with Gasteiger partial charge in [-0.15, -0.1) is 6.42 Å². The Morgan fingerprint density at radius 3 is 2.50 bits per heavy atom. The number of terminal acetylenes is 1.